The van der Waals surface area contributed by atoms with E-state index in [1.54, 1.807) is 12.1 Å². The van der Waals surface area contributed by atoms with E-state index in [0.717, 1.165) is 0 Å². The number of carbonyl (C=O) groups excluding carboxylic acids is 1. The van der Waals surface area contributed by atoms with Crippen molar-refractivity contribution in [3.05, 3.63) is 30.1 Å². The number of amides is 1. The standard InChI is InChI=1S/C13H15FN2O4/c14-9-3-1-2-4-11(9)20-6-5-16-8-12(17)15-7-10(16)13(18)19/h1-4,10H,5-8H2,(H,15,17)(H,18,19). The van der Waals surface area contributed by atoms with Crippen molar-refractivity contribution in [2.75, 3.05) is 26.2 Å². The first kappa shape index (κ1) is 14.3. The third-order valence-electron chi connectivity index (χ3n) is 3.04. The molecule has 1 fully saturated rings. The molecule has 20 heavy (non-hydrogen) atoms. The van der Waals surface area contributed by atoms with Crippen LogP contribution in [0.15, 0.2) is 24.3 Å². The quantitative estimate of drug-likeness (QED) is 0.800. The second kappa shape index (κ2) is 6.33. The number of hydrogen-bond donors (Lipinski definition) is 2. The summed E-state index contributed by atoms with van der Waals surface area (Å²) in [7, 11) is 0. The predicted molar refractivity (Wildman–Crippen MR) is 67.9 cm³/mol. The highest BCUT2D eigenvalue weighted by Crippen LogP contribution is 2.15. The Morgan fingerprint density at radius 3 is 2.95 bits per heavy atom. The average Bonchev–Trinajstić information content (AvgIpc) is 2.41. The number of nitrogens with zero attached hydrogens (tertiary/aromatic N) is 1. The van der Waals surface area contributed by atoms with E-state index in [9.17, 15) is 14.0 Å². The topological polar surface area (TPSA) is 78.9 Å². The lowest BCUT2D eigenvalue weighted by molar-refractivity contribution is -0.146. The van der Waals surface area contributed by atoms with Gasteiger partial charge in [0.25, 0.3) is 0 Å². The number of piperazine rings is 1. The molecule has 1 aromatic rings. The number of aliphatic carboxylic acids is 1. The lowest BCUT2D eigenvalue weighted by Gasteiger charge is -2.32. The highest BCUT2D eigenvalue weighted by atomic mass is 19.1. The number of carboxylic acids is 1. The Labute approximate surface area is 115 Å². The molecular weight excluding hydrogens is 267 g/mol. The molecule has 7 heteroatoms. The van der Waals surface area contributed by atoms with Gasteiger partial charge in [0, 0.05) is 13.1 Å². The van der Waals surface area contributed by atoms with Crippen LogP contribution in [-0.2, 0) is 9.59 Å². The van der Waals surface area contributed by atoms with Crippen LogP contribution >= 0.6 is 0 Å². The first-order valence-electron chi connectivity index (χ1n) is 6.19. The Kier molecular flexibility index (Phi) is 4.52. The van der Waals surface area contributed by atoms with Crippen molar-refractivity contribution in [3.63, 3.8) is 0 Å². The smallest absolute Gasteiger partial charge is 0.322 e. The van der Waals surface area contributed by atoms with Crippen molar-refractivity contribution in [1.29, 1.82) is 0 Å². The van der Waals surface area contributed by atoms with Crippen molar-refractivity contribution >= 4 is 11.9 Å². The van der Waals surface area contributed by atoms with Crippen LogP contribution in [0.5, 0.6) is 5.75 Å². The molecule has 108 valence electrons. The van der Waals surface area contributed by atoms with Crippen LogP contribution in [0.1, 0.15) is 0 Å². The fourth-order valence-corrected chi connectivity index (χ4v) is 2.00. The van der Waals surface area contributed by atoms with Crippen LogP contribution in [0.3, 0.4) is 0 Å². The molecule has 1 aliphatic rings. The molecule has 0 aliphatic carbocycles. The van der Waals surface area contributed by atoms with Gasteiger partial charge in [-0.2, -0.15) is 0 Å². The molecule has 1 heterocycles. The SMILES string of the molecule is O=C1CN(CCOc2ccccc2F)C(C(=O)O)CN1. The molecule has 0 aromatic heterocycles. The van der Waals surface area contributed by atoms with E-state index in [1.165, 1.54) is 17.0 Å². The van der Waals surface area contributed by atoms with Crippen LogP contribution in [0, 0.1) is 5.82 Å². The minimum absolute atomic E-state index is 0.00238. The fraction of sp³-hybridized carbons (Fsp3) is 0.385. The van der Waals surface area contributed by atoms with Gasteiger partial charge in [-0.25, -0.2) is 4.39 Å². The molecule has 1 atom stereocenters. The summed E-state index contributed by atoms with van der Waals surface area (Å²) >= 11 is 0. The number of ether oxygens (including phenoxy) is 1. The van der Waals surface area contributed by atoms with Crippen LogP contribution in [0.4, 0.5) is 4.39 Å². The Morgan fingerprint density at radius 1 is 1.50 bits per heavy atom. The van der Waals surface area contributed by atoms with Crippen molar-refractivity contribution in [1.82, 2.24) is 10.2 Å². The fourth-order valence-electron chi connectivity index (χ4n) is 2.00. The summed E-state index contributed by atoms with van der Waals surface area (Å²) < 4.78 is 18.6. The summed E-state index contributed by atoms with van der Waals surface area (Å²) in [5.41, 5.74) is 0. The van der Waals surface area contributed by atoms with E-state index in [1.807, 2.05) is 0 Å². The number of rotatable bonds is 5. The molecule has 1 aromatic carbocycles. The Hall–Kier alpha value is -2.15. The van der Waals surface area contributed by atoms with E-state index in [0.29, 0.717) is 0 Å². The molecule has 2 rings (SSSR count). The molecule has 0 saturated carbocycles. The minimum Gasteiger partial charge on any atom is -0.489 e. The maximum atomic E-state index is 13.3. The van der Waals surface area contributed by atoms with Crippen molar-refractivity contribution in [2.45, 2.75) is 6.04 Å². The van der Waals surface area contributed by atoms with Crippen LogP contribution < -0.4 is 10.1 Å². The molecule has 1 amide bonds. The molecule has 0 bridgehead atoms. The predicted octanol–water partition coefficient (Wildman–Crippen LogP) is 0.0895. The molecule has 0 spiro atoms. The summed E-state index contributed by atoms with van der Waals surface area (Å²) in [6.45, 7) is 0.405. The lowest BCUT2D eigenvalue weighted by Crippen LogP contribution is -2.58. The van der Waals surface area contributed by atoms with Gasteiger partial charge < -0.3 is 15.2 Å². The van der Waals surface area contributed by atoms with Gasteiger partial charge in [-0.1, -0.05) is 12.1 Å². The number of nitrogens with one attached hydrogen (secondary N) is 1. The van der Waals surface area contributed by atoms with Crippen LogP contribution in [0.2, 0.25) is 0 Å². The number of halogens is 1. The van der Waals surface area contributed by atoms with E-state index >= 15 is 0 Å². The second-order valence-electron chi connectivity index (χ2n) is 4.41. The first-order valence-corrected chi connectivity index (χ1v) is 6.19. The van der Waals surface area contributed by atoms with Gasteiger partial charge in [0.15, 0.2) is 11.6 Å². The summed E-state index contributed by atoms with van der Waals surface area (Å²) in [6.07, 6.45) is 0. The van der Waals surface area contributed by atoms with E-state index in [-0.39, 0.29) is 37.9 Å². The Bertz CT molecular complexity index is 509. The van der Waals surface area contributed by atoms with Gasteiger partial charge in [0.2, 0.25) is 5.91 Å². The largest absolute Gasteiger partial charge is 0.489 e. The highest BCUT2D eigenvalue weighted by molar-refractivity contribution is 5.83. The zero-order valence-electron chi connectivity index (χ0n) is 10.7. The summed E-state index contributed by atoms with van der Waals surface area (Å²) in [5.74, 6) is -1.59. The highest BCUT2D eigenvalue weighted by Gasteiger charge is 2.31. The zero-order valence-corrected chi connectivity index (χ0v) is 10.7. The summed E-state index contributed by atoms with van der Waals surface area (Å²) in [5, 5.41) is 11.6. The maximum Gasteiger partial charge on any atom is 0.322 e. The summed E-state index contributed by atoms with van der Waals surface area (Å²) in [4.78, 5) is 23.8. The lowest BCUT2D eigenvalue weighted by atomic mass is 10.2. The number of para-hydroxylation sites is 1. The second-order valence-corrected chi connectivity index (χ2v) is 4.41. The normalized spacial score (nSPS) is 19.4. The van der Waals surface area contributed by atoms with Crippen LogP contribution in [-0.4, -0.2) is 54.2 Å². The first-order chi connectivity index (χ1) is 9.58. The number of benzene rings is 1. The van der Waals surface area contributed by atoms with Gasteiger partial charge in [-0.15, -0.1) is 0 Å². The number of carboxylic acid groups (broad SMARTS) is 1. The number of hydrogen-bond acceptors (Lipinski definition) is 4. The van der Waals surface area contributed by atoms with Crippen molar-refractivity contribution in [2.24, 2.45) is 0 Å². The number of carbonyl (C=O) groups is 2. The van der Waals surface area contributed by atoms with Gasteiger partial charge in [0.1, 0.15) is 12.6 Å². The maximum absolute atomic E-state index is 13.3. The van der Waals surface area contributed by atoms with E-state index in [2.05, 4.69) is 5.32 Å². The zero-order chi connectivity index (χ0) is 14.5. The Balaban J connectivity index is 1.89. The Morgan fingerprint density at radius 2 is 2.25 bits per heavy atom. The summed E-state index contributed by atoms with van der Waals surface area (Å²) in [6, 6.07) is 5.19. The molecule has 1 aliphatic heterocycles. The van der Waals surface area contributed by atoms with E-state index < -0.39 is 17.8 Å². The minimum atomic E-state index is -1.00. The molecule has 0 radical (unpaired) electrons. The van der Waals surface area contributed by atoms with Gasteiger partial charge >= 0.3 is 5.97 Å². The molecule has 1 unspecified atom stereocenters. The van der Waals surface area contributed by atoms with Crippen molar-refractivity contribution in [3.8, 4) is 5.75 Å². The van der Waals surface area contributed by atoms with Crippen molar-refractivity contribution < 1.29 is 23.8 Å². The molecule has 2 N–H and O–H groups in total. The molecule has 6 nitrogen and oxygen atoms in total. The van der Waals surface area contributed by atoms with E-state index in [4.69, 9.17) is 9.84 Å². The third-order valence-corrected chi connectivity index (χ3v) is 3.04. The average molecular weight is 282 g/mol. The monoisotopic (exact) mass is 282 g/mol. The molecular formula is C13H15FN2O4. The van der Waals surface area contributed by atoms with Gasteiger partial charge in [-0.3, -0.25) is 14.5 Å². The van der Waals surface area contributed by atoms with Gasteiger partial charge in [-0.05, 0) is 12.1 Å². The molecule has 1 saturated heterocycles. The third kappa shape index (κ3) is 3.45. The van der Waals surface area contributed by atoms with Crippen LogP contribution in [0.25, 0.3) is 0 Å². The van der Waals surface area contributed by atoms with Gasteiger partial charge in [0.05, 0.1) is 6.54 Å².